The molecule has 1 aliphatic rings. The third-order valence-electron chi connectivity index (χ3n) is 4.77. The first-order chi connectivity index (χ1) is 14.3. The molecule has 30 heavy (non-hydrogen) atoms. The average Bonchev–Trinajstić information content (AvgIpc) is 3.30. The summed E-state index contributed by atoms with van der Waals surface area (Å²) in [7, 11) is 1.46. The van der Waals surface area contributed by atoms with Crippen LogP contribution in [0.1, 0.15) is 28.9 Å². The Morgan fingerprint density at radius 2 is 2.23 bits per heavy atom. The maximum Gasteiger partial charge on any atom is 0.284 e. The number of aromatic nitrogens is 5. The molecule has 0 saturated carbocycles. The van der Waals surface area contributed by atoms with E-state index in [4.69, 9.17) is 0 Å². The number of nitrogens with zero attached hydrogens (tertiary/aromatic N) is 6. The molecule has 1 saturated heterocycles. The largest absolute Gasteiger partial charge is 0.319 e. The summed E-state index contributed by atoms with van der Waals surface area (Å²) in [6.07, 6.45) is 0.156. The minimum Gasteiger partial charge on any atom is -0.319 e. The Bertz CT molecular complexity index is 1070. The van der Waals surface area contributed by atoms with E-state index in [2.05, 4.69) is 25.8 Å². The lowest BCUT2D eigenvalue weighted by Crippen LogP contribution is -2.49. The minimum atomic E-state index is -2.86. The molecule has 4 heterocycles. The maximum absolute atomic E-state index is 13.6. The highest BCUT2D eigenvalue weighted by molar-refractivity contribution is 6.08. The molecule has 0 aliphatic carbocycles. The topological polar surface area (TPSA) is 113 Å². The van der Waals surface area contributed by atoms with Gasteiger partial charge in [-0.2, -0.15) is 10.2 Å². The molecule has 0 radical (unpaired) electrons. The second kappa shape index (κ2) is 7.91. The molecular weight excluding hydrogens is 405 g/mol. The van der Waals surface area contributed by atoms with Crippen LogP contribution in [0.4, 0.5) is 24.7 Å². The lowest BCUT2D eigenvalue weighted by Gasteiger charge is -2.31. The second-order valence-corrected chi connectivity index (χ2v) is 6.96. The fourth-order valence-corrected chi connectivity index (χ4v) is 3.34. The number of hydrogen-bond donors (Lipinski definition) is 3. The number of fused-ring (bicyclic) bond motifs is 1. The van der Waals surface area contributed by atoms with Crippen molar-refractivity contribution in [3.63, 3.8) is 0 Å². The third kappa shape index (κ3) is 3.80. The van der Waals surface area contributed by atoms with Crippen LogP contribution in [0, 0.1) is 0 Å². The molecular formula is C17H19F3N8O2. The highest BCUT2D eigenvalue weighted by Crippen LogP contribution is 2.26. The SMILES string of the molecule is Cn1cc(NC(=O)c2cnn3ccc(N(O)[C@@H]4CNC[C@@H](F)C4)nc23)c(C(F)F)n1. The zero-order valence-electron chi connectivity index (χ0n) is 15.8. The van der Waals surface area contributed by atoms with Crippen LogP contribution in [0.2, 0.25) is 0 Å². The minimum absolute atomic E-state index is 0.0134. The normalized spacial score (nSPS) is 19.4. The highest BCUT2D eigenvalue weighted by Gasteiger charge is 2.28. The number of alkyl halides is 3. The van der Waals surface area contributed by atoms with E-state index in [9.17, 15) is 23.2 Å². The van der Waals surface area contributed by atoms with Crippen molar-refractivity contribution in [2.24, 2.45) is 7.05 Å². The summed E-state index contributed by atoms with van der Waals surface area (Å²) in [4.78, 5) is 16.9. The number of halogens is 3. The summed E-state index contributed by atoms with van der Waals surface area (Å²) < 4.78 is 42.3. The monoisotopic (exact) mass is 424 g/mol. The number of hydroxylamine groups is 1. The predicted octanol–water partition coefficient (Wildman–Crippen LogP) is 1.55. The zero-order chi connectivity index (χ0) is 21.4. The van der Waals surface area contributed by atoms with Gasteiger partial charge in [-0.05, 0) is 0 Å². The van der Waals surface area contributed by atoms with Gasteiger partial charge in [-0.25, -0.2) is 27.7 Å². The summed E-state index contributed by atoms with van der Waals surface area (Å²) in [5.41, 5.74) is -0.561. The summed E-state index contributed by atoms with van der Waals surface area (Å²) in [6.45, 7) is 0.590. The lowest BCUT2D eigenvalue weighted by molar-refractivity contribution is 0.102. The Kier molecular flexibility index (Phi) is 5.30. The van der Waals surface area contributed by atoms with Crippen LogP contribution in [0.25, 0.3) is 5.65 Å². The molecule has 1 fully saturated rings. The molecule has 13 heteroatoms. The first-order valence-corrected chi connectivity index (χ1v) is 9.13. The van der Waals surface area contributed by atoms with E-state index < -0.39 is 30.2 Å². The van der Waals surface area contributed by atoms with Crippen molar-refractivity contribution in [2.45, 2.75) is 25.1 Å². The van der Waals surface area contributed by atoms with Gasteiger partial charge < -0.3 is 10.6 Å². The molecule has 4 rings (SSSR count). The molecule has 2 atom stereocenters. The highest BCUT2D eigenvalue weighted by atomic mass is 19.3. The van der Waals surface area contributed by atoms with Crippen LogP contribution in [-0.2, 0) is 7.05 Å². The van der Waals surface area contributed by atoms with Gasteiger partial charge in [-0.15, -0.1) is 0 Å². The number of hydrogen-bond acceptors (Lipinski definition) is 7. The number of nitrogens with one attached hydrogen (secondary N) is 2. The van der Waals surface area contributed by atoms with E-state index in [0.29, 0.717) is 6.54 Å². The van der Waals surface area contributed by atoms with Crippen LogP contribution < -0.4 is 15.7 Å². The molecule has 3 aromatic heterocycles. The van der Waals surface area contributed by atoms with Gasteiger partial charge in [0.2, 0.25) is 0 Å². The van der Waals surface area contributed by atoms with Crippen LogP contribution in [-0.4, -0.2) is 60.8 Å². The standard InChI is InChI=1S/C17H19F3N8O2/c1-26-8-12(14(25-26)15(19)20)23-17(29)11-7-22-27-3-2-13(24-16(11)27)28(30)10-4-9(18)5-21-6-10/h2-3,7-10,15,21,30H,4-6H2,1H3,(H,23,29)/t9-,10-/m0/s1. The quantitative estimate of drug-likeness (QED) is 0.533. The number of carbonyl (C=O) groups is 1. The average molecular weight is 424 g/mol. The van der Waals surface area contributed by atoms with Crippen molar-refractivity contribution >= 4 is 23.1 Å². The Hall–Kier alpha value is -3.19. The number of piperidine rings is 1. The van der Waals surface area contributed by atoms with Crippen LogP contribution in [0.15, 0.2) is 24.7 Å². The molecule has 0 unspecified atom stereocenters. The van der Waals surface area contributed by atoms with E-state index in [-0.39, 0.29) is 35.7 Å². The fraction of sp³-hybridized carbons (Fsp3) is 0.412. The Morgan fingerprint density at radius 1 is 1.43 bits per heavy atom. The molecule has 1 aliphatic heterocycles. The summed E-state index contributed by atoms with van der Waals surface area (Å²) in [5, 5.41) is 24.3. The first kappa shape index (κ1) is 20.1. The Labute approximate surface area is 168 Å². The van der Waals surface area contributed by atoms with Gasteiger partial charge in [0, 0.05) is 45.0 Å². The molecule has 3 aromatic rings. The second-order valence-electron chi connectivity index (χ2n) is 6.96. The number of amides is 1. The van der Waals surface area contributed by atoms with Gasteiger partial charge in [0.05, 0.1) is 17.9 Å². The van der Waals surface area contributed by atoms with E-state index >= 15 is 0 Å². The van der Waals surface area contributed by atoms with E-state index in [0.717, 1.165) is 5.06 Å². The first-order valence-electron chi connectivity index (χ1n) is 9.13. The van der Waals surface area contributed by atoms with Crippen LogP contribution in [0.3, 0.4) is 0 Å². The van der Waals surface area contributed by atoms with Crippen molar-refractivity contribution in [3.05, 3.63) is 35.9 Å². The molecule has 3 N–H and O–H groups in total. The van der Waals surface area contributed by atoms with Gasteiger partial charge in [0.1, 0.15) is 11.7 Å². The van der Waals surface area contributed by atoms with Gasteiger partial charge in [0.25, 0.3) is 12.3 Å². The van der Waals surface area contributed by atoms with Gasteiger partial charge in [-0.1, -0.05) is 0 Å². The van der Waals surface area contributed by atoms with Crippen LogP contribution in [0.5, 0.6) is 0 Å². The van der Waals surface area contributed by atoms with Crippen molar-refractivity contribution in [1.29, 1.82) is 0 Å². The molecule has 1 amide bonds. The van der Waals surface area contributed by atoms with Crippen LogP contribution >= 0.6 is 0 Å². The Morgan fingerprint density at radius 3 is 2.97 bits per heavy atom. The number of anilines is 2. The maximum atomic E-state index is 13.6. The van der Waals surface area contributed by atoms with E-state index in [1.54, 1.807) is 0 Å². The van der Waals surface area contributed by atoms with E-state index in [1.165, 1.54) is 40.9 Å². The fourth-order valence-electron chi connectivity index (χ4n) is 3.34. The van der Waals surface area contributed by atoms with Gasteiger partial charge in [-0.3, -0.25) is 14.7 Å². The zero-order valence-corrected chi connectivity index (χ0v) is 15.8. The third-order valence-corrected chi connectivity index (χ3v) is 4.77. The molecule has 0 aromatic carbocycles. The smallest absolute Gasteiger partial charge is 0.284 e. The summed E-state index contributed by atoms with van der Waals surface area (Å²) >= 11 is 0. The van der Waals surface area contributed by atoms with Crippen molar-refractivity contribution in [1.82, 2.24) is 29.7 Å². The predicted molar refractivity (Wildman–Crippen MR) is 99.5 cm³/mol. The van der Waals surface area contributed by atoms with E-state index in [1.807, 2.05) is 0 Å². The number of rotatable bonds is 5. The van der Waals surface area contributed by atoms with Crippen molar-refractivity contribution < 1.29 is 23.2 Å². The molecule has 160 valence electrons. The summed E-state index contributed by atoms with van der Waals surface area (Å²) in [6, 6.07) is 0.937. The molecule has 10 nitrogen and oxygen atoms in total. The number of aryl methyl sites for hydroxylation is 1. The number of carbonyl (C=O) groups excluding carboxylic acids is 1. The molecule has 0 spiro atoms. The lowest BCUT2D eigenvalue weighted by atomic mass is 10.1. The van der Waals surface area contributed by atoms with Crippen molar-refractivity contribution in [2.75, 3.05) is 23.5 Å². The van der Waals surface area contributed by atoms with Gasteiger partial charge in [0.15, 0.2) is 17.2 Å². The summed E-state index contributed by atoms with van der Waals surface area (Å²) in [5.74, 6) is -0.607. The Balaban J connectivity index is 1.60. The van der Waals surface area contributed by atoms with Crippen molar-refractivity contribution in [3.8, 4) is 0 Å². The van der Waals surface area contributed by atoms with Gasteiger partial charge >= 0.3 is 0 Å². The molecule has 0 bridgehead atoms.